The number of hydrogen-bond acceptors (Lipinski definition) is 4. The molecule has 1 spiro atoms. The fourth-order valence-electron chi connectivity index (χ4n) is 8.22. The summed E-state index contributed by atoms with van der Waals surface area (Å²) in [6, 6.07) is 0. The van der Waals surface area contributed by atoms with Crippen molar-refractivity contribution < 1.29 is 0 Å². The molecular weight excluding hydrogens is 370 g/mol. The Morgan fingerprint density at radius 1 is 1.07 bits per heavy atom. The first kappa shape index (κ1) is 19.1. The zero-order chi connectivity index (χ0) is 20.8. The molecule has 2 aromatic heterocycles. The van der Waals surface area contributed by atoms with E-state index in [1.165, 1.54) is 51.4 Å². The number of rotatable bonds is 3. The quantitative estimate of drug-likeness (QED) is 0.697. The number of imidazole rings is 1. The SMILES string of the molecule is C[C@H]1CC[C@@]23C[C@]2(C)CCC[C@@H]3[C@@]1(C)CC[C@@]1(C)CCn2cnc3ncnc(c32)N1. The summed E-state index contributed by atoms with van der Waals surface area (Å²) >= 11 is 0. The van der Waals surface area contributed by atoms with Crippen LogP contribution in [0.25, 0.3) is 11.2 Å². The van der Waals surface area contributed by atoms with Crippen molar-refractivity contribution in [3.8, 4) is 0 Å². The van der Waals surface area contributed by atoms with E-state index in [0.29, 0.717) is 16.2 Å². The highest BCUT2D eigenvalue weighted by molar-refractivity contribution is 5.83. The summed E-state index contributed by atoms with van der Waals surface area (Å²) in [6.45, 7) is 11.2. The zero-order valence-electron chi connectivity index (χ0n) is 19.2. The molecule has 4 aliphatic rings. The molecule has 30 heavy (non-hydrogen) atoms. The second kappa shape index (κ2) is 5.98. The third kappa shape index (κ3) is 2.44. The van der Waals surface area contributed by atoms with Crippen molar-refractivity contribution in [3.05, 3.63) is 12.7 Å². The molecule has 3 heterocycles. The van der Waals surface area contributed by atoms with E-state index in [1.807, 2.05) is 6.33 Å². The number of anilines is 1. The second-order valence-electron chi connectivity index (χ2n) is 12.1. The van der Waals surface area contributed by atoms with E-state index in [0.717, 1.165) is 41.8 Å². The Morgan fingerprint density at radius 3 is 2.80 bits per heavy atom. The molecule has 1 N–H and O–H groups in total. The van der Waals surface area contributed by atoms with Gasteiger partial charge in [0.1, 0.15) is 11.8 Å². The van der Waals surface area contributed by atoms with E-state index < -0.39 is 0 Å². The topological polar surface area (TPSA) is 55.6 Å². The molecule has 0 bridgehead atoms. The zero-order valence-corrected chi connectivity index (χ0v) is 19.2. The van der Waals surface area contributed by atoms with Gasteiger partial charge in [0.2, 0.25) is 0 Å². The molecule has 5 nitrogen and oxygen atoms in total. The Labute approximate surface area is 180 Å². The van der Waals surface area contributed by atoms with Crippen LogP contribution >= 0.6 is 0 Å². The molecule has 162 valence electrons. The fraction of sp³-hybridized carbons (Fsp3) is 0.800. The van der Waals surface area contributed by atoms with Crippen LogP contribution in [0.3, 0.4) is 0 Å². The lowest BCUT2D eigenvalue weighted by molar-refractivity contribution is -0.0575. The molecule has 0 saturated heterocycles. The largest absolute Gasteiger partial charge is 0.363 e. The standard InChI is InChI=1S/C25H37N5/c1-17-7-9-25-14-22(25,2)8-5-6-18(25)24(17,4)11-10-23(3)12-13-30-16-28-20-19(30)21(29-23)27-15-26-20/h15-18H,5-14H2,1-4H3,(H,26,27,29)/t17-,18+,22-,23-,24-,25-/m0/s1. The van der Waals surface area contributed by atoms with Crippen LogP contribution in [0, 0.1) is 28.1 Å². The van der Waals surface area contributed by atoms with Crippen molar-refractivity contribution in [3.63, 3.8) is 0 Å². The number of aromatic nitrogens is 4. The number of nitrogens with zero attached hydrogens (tertiary/aromatic N) is 4. The molecular formula is C25H37N5. The van der Waals surface area contributed by atoms with E-state index in [1.54, 1.807) is 6.33 Å². The lowest BCUT2D eigenvalue weighted by atomic mass is 9.50. The Kier molecular flexibility index (Phi) is 3.80. The van der Waals surface area contributed by atoms with Crippen molar-refractivity contribution >= 4 is 17.0 Å². The first-order chi connectivity index (χ1) is 14.3. The van der Waals surface area contributed by atoms with Crippen LogP contribution in [0.4, 0.5) is 5.82 Å². The normalized spacial score (nSPS) is 44.7. The molecule has 5 heteroatoms. The van der Waals surface area contributed by atoms with Gasteiger partial charge < -0.3 is 9.88 Å². The summed E-state index contributed by atoms with van der Waals surface area (Å²) in [6.07, 6.45) is 16.0. The van der Waals surface area contributed by atoms with Gasteiger partial charge in [-0.1, -0.05) is 27.2 Å². The van der Waals surface area contributed by atoms with E-state index in [-0.39, 0.29) is 5.54 Å². The van der Waals surface area contributed by atoms with Gasteiger partial charge in [-0.3, -0.25) is 0 Å². The van der Waals surface area contributed by atoms with Crippen molar-refractivity contribution in [2.45, 2.75) is 97.6 Å². The highest BCUT2D eigenvalue weighted by Crippen LogP contribution is 2.80. The molecule has 3 aliphatic carbocycles. The number of nitrogens with one attached hydrogen (secondary N) is 1. The van der Waals surface area contributed by atoms with Crippen LogP contribution in [-0.2, 0) is 6.54 Å². The second-order valence-corrected chi connectivity index (χ2v) is 12.1. The van der Waals surface area contributed by atoms with E-state index in [2.05, 4.69) is 52.5 Å². The first-order valence-corrected chi connectivity index (χ1v) is 12.2. The van der Waals surface area contributed by atoms with Crippen molar-refractivity contribution in [2.75, 3.05) is 5.32 Å². The van der Waals surface area contributed by atoms with Crippen molar-refractivity contribution in [1.29, 1.82) is 0 Å². The summed E-state index contributed by atoms with van der Waals surface area (Å²) in [4.78, 5) is 13.4. The van der Waals surface area contributed by atoms with Gasteiger partial charge in [-0.15, -0.1) is 0 Å². The molecule has 6 rings (SSSR count). The van der Waals surface area contributed by atoms with Crippen LogP contribution in [0.5, 0.6) is 0 Å². The Balaban J connectivity index is 1.26. The van der Waals surface area contributed by atoms with Gasteiger partial charge in [0, 0.05) is 12.1 Å². The van der Waals surface area contributed by atoms with Gasteiger partial charge in [-0.2, -0.15) is 0 Å². The van der Waals surface area contributed by atoms with Gasteiger partial charge in [0.25, 0.3) is 0 Å². The Morgan fingerprint density at radius 2 is 1.93 bits per heavy atom. The predicted molar refractivity (Wildman–Crippen MR) is 120 cm³/mol. The summed E-state index contributed by atoms with van der Waals surface area (Å²) < 4.78 is 2.24. The maximum absolute atomic E-state index is 4.60. The Bertz CT molecular complexity index is 999. The lowest BCUT2D eigenvalue weighted by Crippen LogP contribution is -2.48. The molecule has 0 aromatic carbocycles. The van der Waals surface area contributed by atoms with Crippen LogP contribution in [0.15, 0.2) is 12.7 Å². The highest BCUT2D eigenvalue weighted by atomic mass is 15.2. The summed E-state index contributed by atoms with van der Waals surface area (Å²) in [5, 5.41) is 3.85. The average molecular weight is 408 g/mol. The third-order valence-electron chi connectivity index (χ3n) is 10.6. The molecule has 0 radical (unpaired) electrons. The maximum Gasteiger partial charge on any atom is 0.182 e. The van der Waals surface area contributed by atoms with E-state index in [4.69, 9.17) is 0 Å². The lowest BCUT2D eigenvalue weighted by Gasteiger charge is -2.55. The van der Waals surface area contributed by atoms with E-state index in [9.17, 15) is 0 Å². The Hall–Kier alpha value is -1.65. The van der Waals surface area contributed by atoms with Crippen LogP contribution < -0.4 is 5.32 Å². The molecule has 0 amide bonds. The third-order valence-corrected chi connectivity index (χ3v) is 10.6. The smallest absolute Gasteiger partial charge is 0.182 e. The minimum Gasteiger partial charge on any atom is -0.363 e. The van der Waals surface area contributed by atoms with Crippen LogP contribution in [0.1, 0.15) is 85.5 Å². The van der Waals surface area contributed by atoms with Gasteiger partial charge in [0.15, 0.2) is 11.5 Å². The fourth-order valence-corrected chi connectivity index (χ4v) is 8.22. The average Bonchev–Trinajstić information content (AvgIpc) is 3.19. The molecule has 0 unspecified atom stereocenters. The summed E-state index contributed by atoms with van der Waals surface area (Å²) in [7, 11) is 0. The minimum absolute atomic E-state index is 0.0646. The number of aryl methyl sites for hydroxylation is 1. The highest BCUT2D eigenvalue weighted by Gasteiger charge is 2.72. The predicted octanol–water partition coefficient (Wildman–Crippen LogP) is 5.81. The van der Waals surface area contributed by atoms with Crippen LogP contribution in [-0.4, -0.2) is 25.1 Å². The molecule has 1 aliphatic heterocycles. The van der Waals surface area contributed by atoms with Gasteiger partial charge >= 0.3 is 0 Å². The molecule has 6 atom stereocenters. The van der Waals surface area contributed by atoms with Gasteiger partial charge in [0.05, 0.1) is 6.33 Å². The maximum atomic E-state index is 4.60. The molecule has 2 aromatic rings. The van der Waals surface area contributed by atoms with Crippen molar-refractivity contribution in [1.82, 2.24) is 19.5 Å². The van der Waals surface area contributed by atoms with Crippen molar-refractivity contribution in [2.24, 2.45) is 28.1 Å². The van der Waals surface area contributed by atoms with E-state index >= 15 is 0 Å². The van der Waals surface area contributed by atoms with Crippen LogP contribution in [0.2, 0.25) is 0 Å². The summed E-state index contributed by atoms with van der Waals surface area (Å²) in [5.41, 5.74) is 3.73. The number of hydrogen-bond donors (Lipinski definition) is 1. The minimum atomic E-state index is 0.0646. The monoisotopic (exact) mass is 407 g/mol. The summed E-state index contributed by atoms with van der Waals surface area (Å²) in [5.74, 6) is 2.71. The molecule has 3 fully saturated rings. The first-order valence-electron chi connectivity index (χ1n) is 12.2. The van der Waals surface area contributed by atoms with Gasteiger partial charge in [-0.05, 0) is 86.4 Å². The van der Waals surface area contributed by atoms with Gasteiger partial charge in [-0.25, -0.2) is 15.0 Å². The molecule has 3 saturated carbocycles.